The molecule has 0 fully saturated rings. The molecular weight excluding hydrogens is 251 g/mol. The highest BCUT2D eigenvalue weighted by Gasteiger charge is 2.11. The highest BCUT2D eigenvalue weighted by atomic mass is 19.1. The van der Waals surface area contributed by atoms with Gasteiger partial charge in [0.25, 0.3) is 0 Å². The third-order valence-electron chi connectivity index (χ3n) is 3.61. The smallest absolute Gasteiger partial charge is 0.123 e. The van der Waals surface area contributed by atoms with Gasteiger partial charge in [0.05, 0.1) is 0 Å². The van der Waals surface area contributed by atoms with Crippen molar-refractivity contribution in [3.05, 3.63) is 53.8 Å². The summed E-state index contributed by atoms with van der Waals surface area (Å²) in [5.74, 6) is -0.205. The molecule has 1 unspecified atom stereocenters. The number of halogens is 1. The summed E-state index contributed by atoms with van der Waals surface area (Å²) in [5.41, 5.74) is 4.21. The number of benzene rings is 2. The molecule has 0 spiro atoms. The van der Waals surface area contributed by atoms with Crippen LogP contribution in [0.1, 0.15) is 18.5 Å². The summed E-state index contributed by atoms with van der Waals surface area (Å²) in [6.07, 6.45) is 0. The number of nitrogens with one attached hydrogen (secondary N) is 1. The first kappa shape index (κ1) is 14.5. The van der Waals surface area contributed by atoms with E-state index < -0.39 is 0 Å². The van der Waals surface area contributed by atoms with E-state index in [4.69, 9.17) is 0 Å². The first-order chi connectivity index (χ1) is 9.52. The maximum atomic E-state index is 13.6. The molecule has 3 heteroatoms. The summed E-state index contributed by atoms with van der Waals surface area (Å²) in [5, 5.41) is 3.21. The fourth-order valence-electron chi connectivity index (χ4n) is 2.25. The van der Waals surface area contributed by atoms with Gasteiger partial charge in [-0.05, 0) is 54.9 Å². The molecule has 2 aromatic rings. The van der Waals surface area contributed by atoms with Gasteiger partial charge < -0.3 is 10.2 Å². The quantitative estimate of drug-likeness (QED) is 0.909. The van der Waals surface area contributed by atoms with E-state index >= 15 is 0 Å². The third-order valence-corrected chi connectivity index (χ3v) is 3.61. The number of anilines is 1. The van der Waals surface area contributed by atoms with E-state index in [9.17, 15) is 4.39 Å². The molecule has 1 atom stereocenters. The summed E-state index contributed by atoms with van der Waals surface area (Å²) in [7, 11) is 5.92. The van der Waals surface area contributed by atoms with Crippen LogP contribution in [0.25, 0.3) is 11.1 Å². The Labute approximate surface area is 120 Å². The van der Waals surface area contributed by atoms with E-state index in [0.29, 0.717) is 0 Å². The highest BCUT2D eigenvalue weighted by molar-refractivity contribution is 5.70. The lowest BCUT2D eigenvalue weighted by Crippen LogP contribution is -2.13. The summed E-state index contributed by atoms with van der Waals surface area (Å²) in [6, 6.07) is 13.3. The molecule has 0 heterocycles. The van der Waals surface area contributed by atoms with Gasteiger partial charge in [-0.25, -0.2) is 4.39 Å². The minimum absolute atomic E-state index is 0.180. The van der Waals surface area contributed by atoms with Crippen molar-refractivity contribution in [2.45, 2.75) is 13.0 Å². The second-order valence-electron chi connectivity index (χ2n) is 5.18. The molecule has 0 radical (unpaired) electrons. The lowest BCUT2D eigenvalue weighted by Gasteiger charge is -2.17. The maximum absolute atomic E-state index is 13.6. The Balaban J connectivity index is 2.47. The fourth-order valence-corrected chi connectivity index (χ4v) is 2.25. The van der Waals surface area contributed by atoms with E-state index in [2.05, 4.69) is 12.2 Å². The summed E-state index contributed by atoms with van der Waals surface area (Å²) >= 11 is 0. The van der Waals surface area contributed by atoms with Gasteiger partial charge in [0.1, 0.15) is 5.82 Å². The van der Waals surface area contributed by atoms with Gasteiger partial charge in [-0.15, -0.1) is 0 Å². The molecule has 0 bridgehead atoms. The molecule has 0 saturated carbocycles. The van der Waals surface area contributed by atoms with Crippen molar-refractivity contribution in [2.75, 3.05) is 26.0 Å². The lowest BCUT2D eigenvalue weighted by molar-refractivity contribution is 0.620. The SMILES string of the molecule is CNC(C)c1ccc(F)cc1-c1ccc(N(C)C)cc1. The molecule has 2 nitrogen and oxygen atoms in total. The third kappa shape index (κ3) is 2.99. The van der Waals surface area contributed by atoms with Crippen LogP contribution in [0.2, 0.25) is 0 Å². The van der Waals surface area contributed by atoms with E-state index in [0.717, 1.165) is 22.4 Å². The average Bonchev–Trinajstić information content (AvgIpc) is 2.46. The molecule has 0 amide bonds. The predicted molar refractivity (Wildman–Crippen MR) is 83.6 cm³/mol. The Morgan fingerprint density at radius 2 is 1.70 bits per heavy atom. The van der Waals surface area contributed by atoms with Crippen LogP contribution in [0.15, 0.2) is 42.5 Å². The molecule has 20 heavy (non-hydrogen) atoms. The Hall–Kier alpha value is -1.87. The number of hydrogen-bond acceptors (Lipinski definition) is 2. The molecule has 0 aromatic heterocycles. The van der Waals surface area contributed by atoms with Gasteiger partial charge >= 0.3 is 0 Å². The van der Waals surface area contributed by atoms with E-state index in [-0.39, 0.29) is 11.9 Å². The van der Waals surface area contributed by atoms with Gasteiger partial charge in [0.2, 0.25) is 0 Å². The highest BCUT2D eigenvalue weighted by Crippen LogP contribution is 2.30. The van der Waals surface area contributed by atoms with Crippen molar-refractivity contribution in [1.29, 1.82) is 0 Å². The largest absolute Gasteiger partial charge is 0.378 e. The monoisotopic (exact) mass is 272 g/mol. The van der Waals surface area contributed by atoms with Crippen LogP contribution in [0.5, 0.6) is 0 Å². The topological polar surface area (TPSA) is 15.3 Å². The Kier molecular flexibility index (Phi) is 4.40. The molecule has 106 valence electrons. The molecule has 2 aromatic carbocycles. The van der Waals surface area contributed by atoms with Crippen LogP contribution in [0.3, 0.4) is 0 Å². The zero-order chi connectivity index (χ0) is 14.7. The first-order valence-corrected chi connectivity index (χ1v) is 6.77. The van der Waals surface area contributed by atoms with Gasteiger partial charge in [-0.1, -0.05) is 18.2 Å². The standard InChI is InChI=1S/C17H21FN2/c1-12(19-2)16-10-7-14(18)11-17(16)13-5-8-15(9-6-13)20(3)4/h5-12,19H,1-4H3. The summed E-state index contributed by atoms with van der Waals surface area (Å²) < 4.78 is 13.6. The minimum Gasteiger partial charge on any atom is -0.378 e. The average molecular weight is 272 g/mol. The number of rotatable bonds is 4. The first-order valence-electron chi connectivity index (χ1n) is 6.77. The zero-order valence-electron chi connectivity index (χ0n) is 12.4. The molecule has 0 aliphatic heterocycles. The summed E-state index contributed by atoms with van der Waals surface area (Å²) in [4.78, 5) is 2.05. The minimum atomic E-state index is -0.205. The van der Waals surface area contributed by atoms with Crippen LogP contribution in [-0.2, 0) is 0 Å². The second kappa shape index (κ2) is 6.06. The molecular formula is C17H21FN2. The van der Waals surface area contributed by atoms with E-state index in [1.54, 1.807) is 6.07 Å². The lowest BCUT2D eigenvalue weighted by atomic mass is 9.95. The summed E-state index contributed by atoms with van der Waals surface area (Å²) in [6.45, 7) is 2.07. The van der Waals surface area contributed by atoms with Crippen molar-refractivity contribution in [1.82, 2.24) is 5.32 Å². The van der Waals surface area contributed by atoms with E-state index in [1.165, 1.54) is 6.07 Å². The van der Waals surface area contributed by atoms with Crippen LogP contribution >= 0.6 is 0 Å². The molecule has 2 rings (SSSR count). The van der Waals surface area contributed by atoms with Crippen molar-refractivity contribution < 1.29 is 4.39 Å². The van der Waals surface area contributed by atoms with Crippen LogP contribution in [0, 0.1) is 5.82 Å². The molecule has 0 saturated heterocycles. The molecule has 0 aliphatic rings. The van der Waals surface area contributed by atoms with E-state index in [1.807, 2.05) is 56.4 Å². The Morgan fingerprint density at radius 3 is 2.25 bits per heavy atom. The van der Waals surface area contributed by atoms with Crippen molar-refractivity contribution >= 4 is 5.69 Å². The van der Waals surface area contributed by atoms with Crippen LogP contribution in [0.4, 0.5) is 10.1 Å². The van der Waals surface area contributed by atoms with Gasteiger partial charge in [0.15, 0.2) is 0 Å². The predicted octanol–water partition coefficient (Wildman–Crippen LogP) is 3.84. The van der Waals surface area contributed by atoms with Gasteiger partial charge in [0, 0.05) is 25.8 Å². The van der Waals surface area contributed by atoms with Crippen molar-refractivity contribution in [3.63, 3.8) is 0 Å². The fraction of sp³-hybridized carbons (Fsp3) is 0.294. The maximum Gasteiger partial charge on any atom is 0.123 e. The van der Waals surface area contributed by atoms with Gasteiger partial charge in [-0.3, -0.25) is 0 Å². The normalized spacial score (nSPS) is 12.2. The molecule has 1 N–H and O–H groups in total. The number of nitrogens with zero attached hydrogens (tertiary/aromatic N) is 1. The zero-order valence-corrected chi connectivity index (χ0v) is 12.4. The number of hydrogen-bond donors (Lipinski definition) is 1. The van der Waals surface area contributed by atoms with Crippen molar-refractivity contribution in [2.24, 2.45) is 0 Å². The van der Waals surface area contributed by atoms with Gasteiger partial charge in [-0.2, -0.15) is 0 Å². The Bertz CT molecular complexity index is 576. The Morgan fingerprint density at radius 1 is 1.05 bits per heavy atom. The van der Waals surface area contributed by atoms with Crippen LogP contribution in [-0.4, -0.2) is 21.1 Å². The molecule has 0 aliphatic carbocycles. The van der Waals surface area contributed by atoms with Crippen LogP contribution < -0.4 is 10.2 Å². The second-order valence-corrected chi connectivity index (χ2v) is 5.18. The van der Waals surface area contributed by atoms with Crippen molar-refractivity contribution in [3.8, 4) is 11.1 Å².